The smallest absolute Gasteiger partial charge is 0.190 e. The highest BCUT2D eigenvalue weighted by Crippen LogP contribution is 2.67. The molecule has 150 valence electrons. The van der Waals surface area contributed by atoms with Crippen LogP contribution in [0.3, 0.4) is 0 Å². The molecule has 4 rings (SSSR count). The molecule has 4 N–H and O–H groups in total. The summed E-state index contributed by atoms with van der Waals surface area (Å²) in [6.07, 6.45) is -5.87. The van der Waals surface area contributed by atoms with Gasteiger partial charge in [0.2, 0.25) is 0 Å². The Morgan fingerprint density at radius 3 is 2.74 bits per heavy atom. The van der Waals surface area contributed by atoms with Gasteiger partial charge in [-0.15, -0.1) is 0 Å². The van der Waals surface area contributed by atoms with Gasteiger partial charge >= 0.3 is 0 Å². The van der Waals surface area contributed by atoms with Gasteiger partial charge in [-0.1, -0.05) is 13.8 Å². The fourth-order valence-corrected chi connectivity index (χ4v) is 6.27. The van der Waals surface area contributed by atoms with Crippen LogP contribution in [0.25, 0.3) is 0 Å². The molecule has 0 amide bonds. The third kappa shape index (κ3) is 2.33. The number of hydrogen-bond acceptors (Lipinski definition) is 6. The quantitative estimate of drug-likeness (QED) is 0.560. The van der Waals surface area contributed by atoms with E-state index in [2.05, 4.69) is 0 Å². The topological polar surface area (TPSA) is 115 Å². The van der Waals surface area contributed by atoms with Crippen LogP contribution < -0.4 is 0 Å². The van der Waals surface area contributed by atoms with Crippen LogP contribution in [0.15, 0.2) is 11.6 Å². The first-order valence-electron chi connectivity index (χ1n) is 11.6. The maximum Gasteiger partial charge on any atom is 0.190 e. The van der Waals surface area contributed by atoms with Gasteiger partial charge in [0, 0.05) is 15.9 Å². The third-order valence-electron chi connectivity index (χ3n) is 7.77. The molecule has 0 radical (unpaired) electrons. The van der Waals surface area contributed by atoms with Crippen molar-refractivity contribution in [2.24, 2.45) is 28.6 Å². The lowest BCUT2D eigenvalue weighted by atomic mass is 9.45. The number of aliphatic hydroxyl groups excluding tert-OH is 2. The lowest BCUT2D eigenvalue weighted by Crippen LogP contribution is -2.63. The summed E-state index contributed by atoms with van der Waals surface area (Å²) in [6.45, 7) is 1.88. The summed E-state index contributed by atoms with van der Waals surface area (Å²) in [5.41, 5.74) is -5.40. The molecule has 0 saturated heterocycles. The number of fused-ring (bicyclic) bond motifs is 5. The minimum atomic E-state index is -3.08. The largest absolute Gasteiger partial charge is 0.393 e. The van der Waals surface area contributed by atoms with Crippen molar-refractivity contribution in [1.82, 2.24) is 0 Å². The van der Waals surface area contributed by atoms with Crippen LogP contribution in [0.5, 0.6) is 0 Å². The second kappa shape index (κ2) is 5.96. The molecule has 0 aromatic heterocycles. The van der Waals surface area contributed by atoms with Crippen molar-refractivity contribution in [2.45, 2.75) is 70.1 Å². The Morgan fingerprint density at radius 2 is 2.07 bits per heavy atom. The van der Waals surface area contributed by atoms with Crippen molar-refractivity contribution < 1.29 is 35.5 Å². The minimum Gasteiger partial charge on any atom is -0.393 e. The number of carbonyl (C=O) groups excluding carboxylic acids is 2. The molecule has 0 unspecified atom stereocenters. The van der Waals surface area contributed by atoms with Gasteiger partial charge in [-0.05, 0) is 66.9 Å². The average Bonchev–Trinajstić information content (AvgIpc) is 2.98. The van der Waals surface area contributed by atoms with Crippen molar-refractivity contribution >= 4 is 11.6 Å². The maximum absolute atomic E-state index is 12.6. The molecule has 27 heavy (non-hydrogen) atoms. The van der Waals surface area contributed by atoms with Gasteiger partial charge in [0.15, 0.2) is 11.6 Å². The van der Waals surface area contributed by atoms with E-state index in [4.69, 9.17) is 4.11 Å². The van der Waals surface area contributed by atoms with Crippen molar-refractivity contribution in [3.8, 4) is 0 Å². The van der Waals surface area contributed by atoms with Crippen molar-refractivity contribution in [3.63, 3.8) is 0 Å². The molecule has 8 atom stereocenters. The van der Waals surface area contributed by atoms with Crippen LogP contribution in [0, 0.1) is 28.6 Å². The van der Waals surface area contributed by atoms with Gasteiger partial charge in [0.1, 0.15) is 12.2 Å². The normalized spacial score (nSPS) is 61.3. The summed E-state index contributed by atoms with van der Waals surface area (Å²) in [5, 5.41) is 43.2. The molecule has 3 fully saturated rings. The number of carbonyl (C=O) groups is 2. The lowest BCUT2D eigenvalue weighted by molar-refractivity contribution is -0.187. The Labute approximate surface area is 164 Å². The number of hydrogen-bond donors (Lipinski definition) is 4. The zero-order valence-corrected chi connectivity index (χ0v) is 15.7. The average molecular weight is 382 g/mol. The fraction of sp³-hybridized carbons (Fsp3) is 0.810. The Balaban J connectivity index is 2.00. The summed E-state index contributed by atoms with van der Waals surface area (Å²) in [6, 6.07) is 0. The van der Waals surface area contributed by atoms with Crippen LogP contribution in [-0.4, -0.2) is 56.4 Å². The Kier molecular flexibility index (Phi) is 3.28. The predicted octanol–water partition coefficient (Wildman–Crippen LogP) is 0.752. The Morgan fingerprint density at radius 1 is 1.37 bits per heavy atom. The molecule has 0 aliphatic heterocycles. The highest BCUT2D eigenvalue weighted by Gasteiger charge is 2.68. The molecule has 0 bridgehead atoms. The first-order chi connectivity index (χ1) is 14.1. The van der Waals surface area contributed by atoms with E-state index < -0.39 is 65.1 Å². The summed E-state index contributed by atoms with van der Waals surface area (Å²) in [7, 11) is 0. The zero-order chi connectivity index (χ0) is 23.4. The molecular weight excluding hydrogens is 348 g/mol. The zero-order valence-electron chi connectivity index (χ0n) is 19.7. The van der Waals surface area contributed by atoms with E-state index in [1.807, 2.05) is 0 Å². The van der Waals surface area contributed by atoms with Gasteiger partial charge < -0.3 is 20.4 Å². The van der Waals surface area contributed by atoms with Gasteiger partial charge in [-0.25, -0.2) is 0 Å². The second-order valence-corrected chi connectivity index (χ2v) is 8.93. The monoisotopic (exact) mass is 382 g/mol. The number of rotatable bonds is 2. The third-order valence-corrected chi connectivity index (χ3v) is 7.77. The Bertz CT molecular complexity index is 889. The predicted molar refractivity (Wildman–Crippen MR) is 96.5 cm³/mol. The molecule has 3 saturated carbocycles. The van der Waals surface area contributed by atoms with Crippen molar-refractivity contribution in [2.75, 3.05) is 6.61 Å². The number of Topliss-reactive ketones (excluding diaryl/α,β-unsaturated/α-hetero) is 1. The molecule has 4 aliphatic rings. The Hall–Kier alpha value is -1.08. The lowest BCUT2D eigenvalue weighted by Gasteiger charge is -2.61. The fourth-order valence-electron chi connectivity index (χ4n) is 6.27. The highest BCUT2D eigenvalue weighted by molar-refractivity contribution is 5.92. The van der Waals surface area contributed by atoms with Gasteiger partial charge in [-0.2, -0.15) is 0 Å². The SMILES string of the molecule is [2H]C1([2H])[C@]([2H])(O)[C@@]2([2H])[C@H](C[C@H](O)C3=CC(=O)CC[C@@]32C)[C@H]2CC[C@@](O)(C(=O)CO)[C@]21C. The van der Waals surface area contributed by atoms with E-state index in [-0.39, 0.29) is 43.5 Å². The summed E-state index contributed by atoms with van der Waals surface area (Å²) in [4.78, 5) is 24.6. The van der Waals surface area contributed by atoms with E-state index in [1.165, 1.54) is 13.0 Å². The molecule has 6 heteroatoms. The number of ketones is 2. The van der Waals surface area contributed by atoms with Gasteiger partial charge in [0.25, 0.3) is 0 Å². The van der Waals surface area contributed by atoms with Crippen LogP contribution in [0.2, 0.25) is 0 Å². The molecule has 0 aromatic rings. The first kappa shape index (κ1) is 14.9. The summed E-state index contributed by atoms with van der Waals surface area (Å²) >= 11 is 0. The first-order valence-corrected chi connectivity index (χ1v) is 9.60. The molecule has 0 heterocycles. The minimum absolute atomic E-state index is 0.0496. The molecule has 0 spiro atoms. The summed E-state index contributed by atoms with van der Waals surface area (Å²) < 4.78 is 36.1. The van der Waals surface area contributed by atoms with Crippen LogP contribution in [0.4, 0.5) is 0 Å². The van der Waals surface area contributed by atoms with Crippen LogP contribution >= 0.6 is 0 Å². The van der Waals surface area contributed by atoms with E-state index in [0.29, 0.717) is 0 Å². The van der Waals surface area contributed by atoms with E-state index in [9.17, 15) is 31.4 Å². The van der Waals surface area contributed by atoms with Crippen LogP contribution in [0.1, 0.15) is 57.8 Å². The standard InChI is InChI=1S/C21H30O6/c1-19-5-3-11(23)7-14(19)15(24)8-12-13-4-6-21(27,17(26)10-22)20(13,2)9-16(25)18(12)19/h7,12-13,15-16,18,22,24-25,27H,3-6,8-10H2,1-2H3/t12-,13-,15+,16+,18-,19+,20+,21-/m1/s1/i9D2,16D,18D. The summed E-state index contributed by atoms with van der Waals surface area (Å²) in [5.74, 6) is -5.09. The van der Waals surface area contributed by atoms with E-state index in [1.54, 1.807) is 6.92 Å². The van der Waals surface area contributed by atoms with Gasteiger partial charge in [0.05, 0.1) is 13.6 Å². The molecule has 6 nitrogen and oxygen atoms in total. The number of aliphatic hydroxyl groups is 4. The second-order valence-electron chi connectivity index (χ2n) is 8.93. The van der Waals surface area contributed by atoms with Crippen molar-refractivity contribution in [3.05, 3.63) is 11.6 Å². The highest BCUT2D eigenvalue weighted by atomic mass is 16.3. The van der Waals surface area contributed by atoms with E-state index >= 15 is 0 Å². The molecule has 4 aliphatic carbocycles. The van der Waals surface area contributed by atoms with Gasteiger partial charge in [-0.3, -0.25) is 9.59 Å². The maximum atomic E-state index is 12.6. The van der Waals surface area contributed by atoms with Crippen molar-refractivity contribution in [1.29, 1.82) is 0 Å². The van der Waals surface area contributed by atoms with E-state index in [0.717, 1.165) is 0 Å². The molecular formula is C21H30O6. The van der Waals surface area contributed by atoms with Crippen LogP contribution in [-0.2, 0) is 9.59 Å². The molecule has 0 aromatic carbocycles.